The van der Waals surface area contributed by atoms with E-state index in [4.69, 9.17) is 0 Å². The molecule has 0 amide bonds. The molecule has 0 aliphatic rings. The van der Waals surface area contributed by atoms with Crippen molar-refractivity contribution in [3.8, 4) is 11.8 Å². The van der Waals surface area contributed by atoms with Gasteiger partial charge in [0.1, 0.15) is 11.6 Å². The van der Waals surface area contributed by atoms with E-state index in [1.54, 1.807) is 19.1 Å². The highest BCUT2D eigenvalue weighted by atomic mass is 16.2. The minimum atomic E-state index is -0.747. The number of nitriles is 1. The quantitative estimate of drug-likeness (QED) is 0.575. The third-order valence-corrected chi connectivity index (χ3v) is 5.55. The Morgan fingerprint density at radius 2 is 1.77 bits per heavy atom. The van der Waals surface area contributed by atoms with Crippen molar-refractivity contribution in [2.75, 3.05) is 0 Å². The van der Waals surface area contributed by atoms with E-state index in [1.165, 1.54) is 16.3 Å². The summed E-state index contributed by atoms with van der Waals surface area (Å²) in [6, 6.07) is 11.7. The summed E-state index contributed by atoms with van der Waals surface area (Å²) >= 11 is 0. The molecule has 31 heavy (non-hydrogen) atoms. The molecule has 0 saturated heterocycles. The van der Waals surface area contributed by atoms with Crippen LogP contribution in [0.5, 0.6) is 0 Å². The summed E-state index contributed by atoms with van der Waals surface area (Å²) in [5.74, 6) is 0.0720. The Balaban J connectivity index is 2.02. The molecular formula is C24H26N4O3. The summed E-state index contributed by atoms with van der Waals surface area (Å²) in [5.41, 5.74) is 2.72. The Kier molecular flexibility index (Phi) is 6.11. The molecule has 2 heterocycles. The van der Waals surface area contributed by atoms with Crippen LogP contribution in [0.15, 0.2) is 46.1 Å². The van der Waals surface area contributed by atoms with Crippen molar-refractivity contribution in [2.45, 2.75) is 53.6 Å². The Bertz CT molecular complexity index is 1300. The minimum Gasteiger partial charge on any atom is -0.318 e. The lowest BCUT2D eigenvalue weighted by atomic mass is 10.0. The summed E-state index contributed by atoms with van der Waals surface area (Å²) in [6.07, 6.45) is 1.23. The fourth-order valence-electron chi connectivity index (χ4n) is 3.78. The number of benzene rings is 1. The zero-order valence-electron chi connectivity index (χ0n) is 18.5. The van der Waals surface area contributed by atoms with E-state index in [0.717, 1.165) is 21.6 Å². The van der Waals surface area contributed by atoms with Crippen molar-refractivity contribution in [1.29, 1.82) is 5.26 Å². The van der Waals surface area contributed by atoms with Gasteiger partial charge in [0.05, 0.1) is 6.54 Å². The number of carbonyl (C=O) groups is 1. The number of rotatable bonds is 6. The molecule has 3 aromatic rings. The first-order valence-corrected chi connectivity index (χ1v) is 10.3. The Morgan fingerprint density at radius 1 is 1.13 bits per heavy atom. The van der Waals surface area contributed by atoms with Crippen LogP contribution < -0.4 is 11.2 Å². The molecule has 0 spiro atoms. The summed E-state index contributed by atoms with van der Waals surface area (Å²) in [6.45, 7) is 9.63. The van der Waals surface area contributed by atoms with Gasteiger partial charge < -0.3 is 4.57 Å². The highest BCUT2D eigenvalue weighted by molar-refractivity contribution is 5.97. The van der Waals surface area contributed by atoms with Crippen molar-refractivity contribution in [1.82, 2.24) is 13.7 Å². The van der Waals surface area contributed by atoms with Gasteiger partial charge in [0.25, 0.3) is 5.56 Å². The number of hydrogen-bond donors (Lipinski definition) is 0. The van der Waals surface area contributed by atoms with E-state index in [1.807, 2.05) is 30.5 Å². The molecule has 0 N–H and O–H groups in total. The first-order chi connectivity index (χ1) is 14.7. The van der Waals surface area contributed by atoms with Gasteiger partial charge in [-0.15, -0.1) is 0 Å². The van der Waals surface area contributed by atoms with Crippen molar-refractivity contribution < 1.29 is 4.79 Å². The van der Waals surface area contributed by atoms with E-state index < -0.39 is 17.8 Å². The summed E-state index contributed by atoms with van der Waals surface area (Å²) < 4.78 is 4.08. The van der Waals surface area contributed by atoms with Gasteiger partial charge in [-0.2, -0.15) is 5.26 Å². The van der Waals surface area contributed by atoms with Crippen LogP contribution in [-0.4, -0.2) is 19.5 Å². The van der Waals surface area contributed by atoms with Gasteiger partial charge >= 0.3 is 5.69 Å². The Labute approximate surface area is 180 Å². The fraction of sp³-hybridized carbons (Fsp3) is 0.333. The van der Waals surface area contributed by atoms with Gasteiger partial charge in [0.15, 0.2) is 5.78 Å². The van der Waals surface area contributed by atoms with Gasteiger partial charge in [0.2, 0.25) is 0 Å². The van der Waals surface area contributed by atoms with Crippen molar-refractivity contribution in [2.24, 2.45) is 0 Å². The molecule has 7 nitrogen and oxygen atoms in total. The van der Waals surface area contributed by atoms with Crippen LogP contribution in [0.1, 0.15) is 59.6 Å². The maximum atomic E-state index is 13.1. The topological polar surface area (TPSA) is 89.8 Å². The van der Waals surface area contributed by atoms with E-state index in [2.05, 4.69) is 26.0 Å². The standard InChI is InChI=1S/C24H26N4O3/c1-6-26-13-19(12-25)23(30)27(24(26)31)14-22(29)21-11-16(4)28(17(21)5)20-9-7-18(8-10-20)15(2)3/h7-11,13,15H,6,14H2,1-5H3. The second-order valence-corrected chi connectivity index (χ2v) is 7.90. The predicted molar refractivity (Wildman–Crippen MR) is 119 cm³/mol. The van der Waals surface area contributed by atoms with Crippen LogP contribution in [0.2, 0.25) is 0 Å². The molecule has 0 bridgehead atoms. The lowest BCUT2D eigenvalue weighted by Crippen LogP contribution is -2.42. The maximum absolute atomic E-state index is 13.1. The number of Topliss-reactive ketones (excluding diaryl/α,β-unsaturated/α-hetero) is 1. The third-order valence-electron chi connectivity index (χ3n) is 5.55. The van der Waals surface area contributed by atoms with Crippen molar-refractivity contribution in [3.05, 3.63) is 85.4 Å². The molecule has 3 rings (SSSR count). The van der Waals surface area contributed by atoms with Gasteiger partial charge in [-0.25, -0.2) is 4.79 Å². The molecule has 0 radical (unpaired) electrons. The molecule has 2 aromatic heterocycles. The van der Waals surface area contributed by atoms with Crippen molar-refractivity contribution in [3.63, 3.8) is 0 Å². The fourth-order valence-corrected chi connectivity index (χ4v) is 3.78. The SMILES string of the molecule is CCn1cc(C#N)c(=O)n(CC(=O)c2cc(C)n(-c3ccc(C(C)C)cc3)c2C)c1=O. The first-order valence-electron chi connectivity index (χ1n) is 10.3. The highest BCUT2D eigenvalue weighted by Gasteiger charge is 2.20. The number of nitrogens with zero attached hydrogens (tertiary/aromatic N) is 4. The molecular weight excluding hydrogens is 392 g/mol. The van der Waals surface area contributed by atoms with Gasteiger partial charge in [-0.3, -0.25) is 18.7 Å². The average molecular weight is 418 g/mol. The van der Waals surface area contributed by atoms with E-state index in [-0.39, 0.29) is 11.3 Å². The number of aromatic nitrogens is 3. The Morgan fingerprint density at radius 3 is 2.32 bits per heavy atom. The summed E-state index contributed by atoms with van der Waals surface area (Å²) in [5, 5.41) is 9.20. The van der Waals surface area contributed by atoms with Crippen LogP contribution in [0.3, 0.4) is 0 Å². The predicted octanol–water partition coefficient (Wildman–Crippen LogP) is 3.32. The molecule has 0 unspecified atom stereocenters. The van der Waals surface area contributed by atoms with Crippen molar-refractivity contribution >= 4 is 5.78 Å². The smallest absolute Gasteiger partial charge is 0.318 e. The van der Waals surface area contributed by atoms with Crippen LogP contribution in [0.4, 0.5) is 0 Å². The normalized spacial score (nSPS) is 11.0. The lowest BCUT2D eigenvalue weighted by Gasteiger charge is -2.12. The maximum Gasteiger partial charge on any atom is 0.331 e. The van der Waals surface area contributed by atoms with Crippen LogP contribution in [0.25, 0.3) is 5.69 Å². The van der Waals surface area contributed by atoms with Gasteiger partial charge in [0, 0.05) is 35.4 Å². The Hall–Kier alpha value is -3.66. The monoisotopic (exact) mass is 418 g/mol. The highest BCUT2D eigenvalue weighted by Crippen LogP contribution is 2.23. The minimum absolute atomic E-state index is 0.162. The van der Waals surface area contributed by atoms with Crippen LogP contribution in [-0.2, 0) is 13.1 Å². The number of aryl methyl sites for hydroxylation is 2. The second-order valence-electron chi connectivity index (χ2n) is 7.90. The summed E-state index contributed by atoms with van der Waals surface area (Å²) in [4.78, 5) is 38.1. The largest absolute Gasteiger partial charge is 0.331 e. The third kappa shape index (κ3) is 4.02. The molecule has 160 valence electrons. The lowest BCUT2D eigenvalue weighted by molar-refractivity contribution is 0.0968. The van der Waals surface area contributed by atoms with E-state index in [9.17, 15) is 19.6 Å². The molecule has 0 atom stereocenters. The summed E-state index contributed by atoms with van der Waals surface area (Å²) in [7, 11) is 0. The van der Waals surface area contributed by atoms with E-state index >= 15 is 0 Å². The van der Waals surface area contributed by atoms with Gasteiger partial charge in [-0.1, -0.05) is 26.0 Å². The molecule has 0 fully saturated rings. The number of carbonyl (C=O) groups excluding carboxylic acids is 1. The molecule has 1 aromatic carbocycles. The second kappa shape index (κ2) is 8.60. The number of ketones is 1. The zero-order valence-corrected chi connectivity index (χ0v) is 18.5. The zero-order chi connectivity index (χ0) is 22.9. The van der Waals surface area contributed by atoms with E-state index in [0.29, 0.717) is 18.0 Å². The first kappa shape index (κ1) is 22.0. The molecule has 0 aliphatic carbocycles. The van der Waals surface area contributed by atoms with Crippen LogP contribution in [0, 0.1) is 25.2 Å². The molecule has 7 heteroatoms. The van der Waals surface area contributed by atoms with Crippen LogP contribution >= 0.6 is 0 Å². The number of hydrogen-bond acceptors (Lipinski definition) is 4. The molecule has 0 saturated carbocycles. The van der Waals surface area contributed by atoms with Gasteiger partial charge in [-0.05, 0) is 50.5 Å². The molecule has 0 aliphatic heterocycles. The average Bonchev–Trinajstić information content (AvgIpc) is 3.05.